The molecular weight excluding hydrogens is 360 g/mol. The van der Waals surface area contributed by atoms with Gasteiger partial charge in [-0.25, -0.2) is 8.42 Å². The Labute approximate surface area is 162 Å². The summed E-state index contributed by atoms with van der Waals surface area (Å²) in [5.74, 6) is 0.211. The first-order chi connectivity index (χ1) is 12.6. The summed E-state index contributed by atoms with van der Waals surface area (Å²) < 4.78 is 25.9. The molecule has 1 N–H and O–H groups in total. The largest absolute Gasteiger partial charge is 0.326 e. The smallest absolute Gasteiger partial charge is 0.232 e. The van der Waals surface area contributed by atoms with E-state index in [-0.39, 0.29) is 18.9 Å². The van der Waals surface area contributed by atoms with Crippen molar-refractivity contribution in [3.05, 3.63) is 59.2 Å². The molecule has 0 aliphatic carbocycles. The van der Waals surface area contributed by atoms with Crippen LogP contribution in [0.3, 0.4) is 0 Å². The number of nitrogens with one attached hydrogen (secondary N) is 1. The van der Waals surface area contributed by atoms with Gasteiger partial charge in [-0.1, -0.05) is 44.2 Å². The Hall–Kier alpha value is -2.34. The molecule has 0 heterocycles. The van der Waals surface area contributed by atoms with Gasteiger partial charge >= 0.3 is 0 Å². The second kappa shape index (κ2) is 8.57. The Morgan fingerprint density at radius 1 is 1.04 bits per heavy atom. The minimum Gasteiger partial charge on any atom is -0.326 e. The molecule has 2 aromatic rings. The summed E-state index contributed by atoms with van der Waals surface area (Å²) in [5.41, 5.74) is 4.29. The average Bonchev–Trinajstić information content (AvgIpc) is 2.56. The molecule has 0 atom stereocenters. The topological polar surface area (TPSA) is 66.5 Å². The maximum Gasteiger partial charge on any atom is 0.232 e. The molecule has 146 valence electrons. The van der Waals surface area contributed by atoms with Crippen molar-refractivity contribution >= 4 is 27.3 Å². The molecule has 5 nitrogen and oxygen atoms in total. The molecule has 0 bridgehead atoms. The fourth-order valence-electron chi connectivity index (χ4n) is 3.02. The first kappa shape index (κ1) is 21.0. The molecule has 0 saturated heterocycles. The number of para-hydroxylation sites is 1. The lowest BCUT2D eigenvalue weighted by molar-refractivity contribution is -0.116. The lowest BCUT2D eigenvalue weighted by Crippen LogP contribution is -2.34. The van der Waals surface area contributed by atoms with Gasteiger partial charge in [0.25, 0.3) is 0 Å². The third-order valence-electron chi connectivity index (χ3n) is 4.49. The first-order valence-corrected chi connectivity index (χ1v) is 10.9. The Morgan fingerprint density at radius 2 is 1.59 bits per heavy atom. The number of nitrogens with zero attached hydrogens (tertiary/aromatic N) is 1. The third-order valence-corrected chi connectivity index (χ3v) is 5.66. The van der Waals surface area contributed by atoms with Crippen LogP contribution in [0.2, 0.25) is 0 Å². The van der Waals surface area contributed by atoms with Gasteiger partial charge in [0.05, 0.1) is 11.9 Å². The summed E-state index contributed by atoms with van der Waals surface area (Å²) >= 11 is 0. The minimum absolute atomic E-state index is 0.0762. The maximum absolute atomic E-state index is 12.3. The van der Waals surface area contributed by atoms with Crippen LogP contribution in [-0.4, -0.2) is 27.1 Å². The average molecular weight is 389 g/mol. The molecule has 2 rings (SSSR count). The molecule has 0 fully saturated rings. The van der Waals surface area contributed by atoms with Gasteiger partial charge < -0.3 is 5.32 Å². The van der Waals surface area contributed by atoms with Crippen LogP contribution in [0.25, 0.3) is 0 Å². The summed E-state index contributed by atoms with van der Waals surface area (Å²) in [6, 6.07) is 13.3. The van der Waals surface area contributed by atoms with Crippen LogP contribution in [0, 0.1) is 13.8 Å². The van der Waals surface area contributed by atoms with Gasteiger partial charge in [0.2, 0.25) is 15.9 Å². The van der Waals surface area contributed by atoms with E-state index in [1.165, 1.54) is 16.1 Å². The minimum atomic E-state index is -3.49. The van der Waals surface area contributed by atoms with Crippen LogP contribution in [-0.2, 0) is 14.8 Å². The van der Waals surface area contributed by atoms with E-state index < -0.39 is 10.0 Å². The summed E-state index contributed by atoms with van der Waals surface area (Å²) in [5, 5.41) is 2.84. The van der Waals surface area contributed by atoms with E-state index >= 15 is 0 Å². The molecular formula is C21H28N2O3S. The van der Waals surface area contributed by atoms with Crippen molar-refractivity contribution in [2.24, 2.45) is 0 Å². The quantitative estimate of drug-likeness (QED) is 0.772. The maximum atomic E-state index is 12.3. The zero-order valence-electron chi connectivity index (χ0n) is 16.6. The summed E-state index contributed by atoms with van der Waals surface area (Å²) in [6.07, 6.45) is 1.24. The van der Waals surface area contributed by atoms with E-state index in [9.17, 15) is 13.2 Å². The van der Waals surface area contributed by atoms with Crippen LogP contribution in [0.4, 0.5) is 11.4 Å². The number of rotatable bonds is 7. The molecule has 0 radical (unpaired) electrons. The van der Waals surface area contributed by atoms with Crippen molar-refractivity contribution in [2.75, 3.05) is 22.4 Å². The van der Waals surface area contributed by atoms with Gasteiger partial charge in [-0.15, -0.1) is 0 Å². The van der Waals surface area contributed by atoms with Gasteiger partial charge in [0.15, 0.2) is 0 Å². The van der Waals surface area contributed by atoms with Gasteiger partial charge in [-0.3, -0.25) is 9.10 Å². The number of sulfonamides is 1. The van der Waals surface area contributed by atoms with Crippen molar-refractivity contribution in [1.29, 1.82) is 0 Å². The monoisotopic (exact) mass is 388 g/mol. The fraction of sp³-hybridized carbons (Fsp3) is 0.381. The van der Waals surface area contributed by atoms with Crippen molar-refractivity contribution in [3.63, 3.8) is 0 Å². The molecule has 1 amide bonds. The van der Waals surface area contributed by atoms with Gasteiger partial charge in [-0.2, -0.15) is 0 Å². The van der Waals surface area contributed by atoms with E-state index in [0.29, 0.717) is 17.3 Å². The van der Waals surface area contributed by atoms with Crippen molar-refractivity contribution in [3.8, 4) is 0 Å². The third kappa shape index (κ3) is 5.57. The zero-order valence-corrected chi connectivity index (χ0v) is 17.4. The molecule has 0 unspecified atom stereocenters. The number of benzene rings is 2. The highest BCUT2D eigenvalue weighted by Gasteiger charge is 2.21. The highest BCUT2D eigenvalue weighted by molar-refractivity contribution is 7.92. The van der Waals surface area contributed by atoms with E-state index in [2.05, 4.69) is 19.2 Å². The van der Waals surface area contributed by atoms with Crippen molar-refractivity contribution < 1.29 is 13.2 Å². The summed E-state index contributed by atoms with van der Waals surface area (Å²) in [4.78, 5) is 12.3. The first-order valence-electron chi connectivity index (χ1n) is 9.03. The lowest BCUT2D eigenvalue weighted by atomic mass is 10.0. The Balaban J connectivity index is 2.10. The van der Waals surface area contributed by atoms with Crippen molar-refractivity contribution in [1.82, 2.24) is 0 Å². The van der Waals surface area contributed by atoms with E-state index in [1.807, 2.05) is 56.3 Å². The number of amides is 1. The SMILES string of the molecule is Cc1cccc(C)c1N(CCC(=O)Nc1ccc(C(C)C)cc1)S(C)(=O)=O. The van der Waals surface area contributed by atoms with E-state index in [0.717, 1.165) is 11.1 Å². The predicted molar refractivity (Wildman–Crippen MR) is 112 cm³/mol. The summed E-state index contributed by atoms with van der Waals surface area (Å²) in [7, 11) is -3.49. The Kier molecular flexibility index (Phi) is 6.65. The number of carbonyl (C=O) groups excluding carboxylic acids is 1. The number of carbonyl (C=O) groups is 1. The Morgan fingerprint density at radius 3 is 2.07 bits per heavy atom. The zero-order chi connectivity index (χ0) is 20.2. The molecule has 6 heteroatoms. The second-order valence-electron chi connectivity index (χ2n) is 7.15. The molecule has 0 aromatic heterocycles. The fourth-order valence-corrected chi connectivity index (χ4v) is 4.06. The van der Waals surface area contributed by atoms with Gasteiger partial charge in [0, 0.05) is 18.7 Å². The molecule has 0 spiro atoms. The molecule has 0 aliphatic rings. The lowest BCUT2D eigenvalue weighted by Gasteiger charge is -2.25. The van der Waals surface area contributed by atoms with Gasteiger partial charge in [0.1, 0.15) is 0 Å². The Bertz CT molecular complexity index is 883. The van der Waals surface area contributed by atoms with Gasteiger partial charge in [-0.05, 0) is 48.6 Å². The van der Waals surface area contributed by atoms with Crippen LogP contribution in [0.15, 0.2) is 42.5 Å². The molecule has 27 heavy (non-hydrogen) atoms. The molecule has 0 saturated carbocycles. The number of hydrogen-bond acceptors (Lipinski definition) is 3. The van der Waals surface area contributed by atoms with E-state index in [4.69, 9.17) is 0 Å². The van der Waals surface area contributed by atoms with Crippen LogP contribution < -0.4 is 9.62 Å². The highest BCUT2D eigenvalue weighted by Crippen LogP contribution is 2.27. The highest BCUT2D eigenvalue weighted by atomic mass is 32.2. The normalized spacial score (nSPS) is 11.5. The number of hydrogen-bond donors (Lipinski definition) is 1. The number of aryl methyl sites for hydroxylation is 2. The summed E-state index contributed by atoms with van der Waals surface area (Å²) in [6.45, 7) is 8.07. The standard InChI is InChI=1S/C21H28N2O3S/c1-15(2)18-9-11-19(12-10-18)22-20(24)13-14-23(27(5,25)26)21-16(3)7-6-8-17(21)4/h6-12,15H,13-14H2,1-5H3,(H,22,24). The van der Waals surface area contributed by atoms with Crippen LogP contribution >= 0.6 is 0 Å². The predicted octanol–water partition coefficient (Wildman–Crippen LogP) is 4.22. The molecule has 2 aromatic carbocycles. The van der Waals surface area contributed by atoms with Crippen molar-refractivity contribution in [2.45, 2.75) is 40.0 Å². The number of anilines is 2. The van der Waals surface area contributed by atoms with Crippen LogP contribution in [0.1, 0.15) is 42.9 Å². The second-order valence-corrected chi connectivity index (χ2v) is 9.06. The van der Waals surface area contributed by atoms with E-state index in [1.54, 1.807) is 0 Å². The van der Waals surface area contributed by atoms with Crippen LogP contribution in [0.5, 0.6) is 0 Å². The molecule has 0 aliphatic heterocycles.